The lowest BCUT2D eigenvalue weighted by Crippen LogP contribution is -2.57. The van der Waals surface area contributed by atoms with Gasteiger partial charge in [0.2, 0.25) is 5.91 Å². The Morgan fingerprint density at radius 3 is 2.12 bits per heavy atom. The summed E-state index contributed by atoms with van der Waals surface area (Å²) in [5, 5.41) is 21.2. The quantitative estimate of drug-likeness (QED) is 0.156. The number of carbonyl (C=O) groups is 4. The second-order valence-corrected chi connectivity index (χ2v) is 9.70. The average molecular weight is 565 g/mol. The van der Waals surface area contributed by atoms with Crippen LogP contribution in [0.5, 0.6) is 0 Å². The van der Waals surface area contributed by atoms with Gasteiger partial charge in [0.15, 0.2) is 0 Å². The molecule has 1 aromatic rings. The van der Waals surface area contributed by atoms with Gasteiger partial charge in [0.1, 0.15) is 6.23 Å². The van der Waals surface area contributed by atoms with Gasteiger partial charge in [-0.15, -0.1) is 0 Å². The van der Waals surface area contributed by atoms with E-state index in [0.717, 1.165) is 36.1 Å². The molecule has 1 aromatic carbocycles. The summed E-state index contributed by atoms with van der Waals surface area (Å²) < 4.78 is 21.5. The number of nitrogens with one attached hydrogen (secondary N) is 1. The number of ether oxygens (including phenoxy) is 4. The minimum absolute atomic E-state index is 0.0133. The highest BCUT2D eigenvalue weighted by Gasteiger charge is 2.45. The lowest BCUT2D eigenvalue weighted by molar-refractivity contribution is -0.138. The van der Waals surface area contributed by atoms with Gasteiger partial charge < -0.3 is 34.5 Å². The molecule has 0 saturated carbocycles. The molecule has 2 atom stereocenters. The number of carboxylic acid groups (broad SMARTS) is 1. The molecule has 1 saturated heterocycles. The van der Waals surface area contributed by atoms with E-state index >= 15 is 0 Å². The number of nitrogens with zero attached hydrogens (tertiary/aromatic N) is 1. The van der Waals surface area contributed by atoms with Gasteiger partial charge in [-0.3, -0.25) is 24.1 Å². The Labute approximate surface area is 233 Å². The molecule has 12 heteroatoms. The van der Waals surface area contributed by atoms with Crippen LogP contribution in [0.2, 0.25) is 0 Å². The van der Waals surface area contributed by atoms with E-state index in [9.17, 15) is 24.3 Å². The van der Waals surface area contributed by atoms with Crippen LogP contribution in [0.25, 0.3) is 0 Å². The number of carboxylic acids is 1. The molecule has 2 aliphatic rings. The maximum atomic E-state index is 13.2. The molecule has 3 N–H and O–H groups in total. The van der Waals surface area contributed by atoms with E-state index < -0.39 is 30.1 Å². The third kappa shape index (κ3) is 9.63. The van der Waals surface area contributed by atoms with Crippen LogP contribution < -0.4 is 5.32 Å². The van der Waals surface area contributed by atoms with Gasteiger partial charge in [-0.1, -0.05) is 25.0 Å². The highest BCUT2D eigenvalue weighted by atomic mass is 16.6. The van der Waals surface area contributed by atoms with Crippen molar-refractivity contribution in [1.29, 1.82) is 0 Å². The summed E-state index contributed by atoms with van der Waals surface area (Å²) in [5.41, 5.74) is 1.60. The highest BCUT2D eigenvalue weighted by molar-refractivity contribution is 6.22. The van der Waals surface area contributed by atoms with Crippen LogP contribution in [0.15, 0.2) is 18.2 Å². The van der Waals surface area contributed by atoms with Gasteiger partial charge in [-0.25, -0.2) is 0 Å². The maximum Gasteiger partial charge on any atom is 0.305 e. The summed E-state index contributed by atoms with van der Waals surface area (Å²) in [6.45, 7) is 3.43. The number of piperidine rings is 1. The number of fused-ring (bicyclic) bond motifs is 1. The van der Waals surface area contributed by atoms with E-state index in [1.54, 1.807) is 12.1 Å². The number of aliphatic carboxylic acids is 1. The number of imide groups is 1. The zero-order chi connectivity index (χ0) is 28.7. The summed E-state index contributed by atoms with van der Waals surface area (Å²) in [4.78, 5) is 49.1. The number of hydrogen-bond acceptors (Lipinski definition) is 9. The molecule has 222 valence electrons. The van der Waals surface area contributed by atoms with Crippen LogP contribution >= 0.6 is 0 Å². The van der Waals surface area contributed by atoms with E-state index in [0.29, 0.717) is 63.8 Å². The number of hydrogen-bond donors (Lipinski definition) is 3. The Balaban J connectivity index is 1.22. The standard InChI is InChI=1S/C28H40N2O10/c31-23-10-9-22(26(34)29-23)30-27(35)21-8-5-7-20(25(21)28(30)36)6-3-1-2-4-12-37-14-16-39-18-19-40-17-15-38-13-11-24(32)33/h5,7-8,22,26,34H,1-4,6,9-19H2,(H,29,31)(H,32,33). The largest absolute Gasteiger partial charge is 0.481 e. The molecule has 0 aliphatic carbocycles. The van der Waals surface area contributed by atoms with E-state index in [4.69, 9.17) is 24.1 Å². The Morgan fingerprint density at radius 1 is 0.850 bits per heavy atom. The molecule has 1 fully saturated rings. The summed E-state index contributed by atoms with van der Waals surface area (Å²) >= 11 is 0. The van der Waals surface area contributed by atoms with Crippen molar-refractivity contribution in [2.75, 3.05) is 52.9 Å². The predicted octanol–water partition coefficient (Wildman–Crippen LogP) is 1.52. The second kappa shape index (κ2) is 17.0. The zero-order valence-corrected chi connectivity index (χ0v) is 22.8. The Bertz CT molecular complexity index is 1000. The summed E-state index contributed by atoms with van der Waals surface area (Å²) in [7, 11) is 0. The van der Waals surface area contributed by atoms with Crippen molar-refractivity contribution in [2.24, 2.45) is 0 Å². The molecule has 3 rings (SSSR count). The van der Waals surface area contributed by atoms with Crippen LogP contribution in [0, 0.1) is 0 Å². The first-order valence-corrected chi connectivity index (χ1v) is 13.9. The van der Waals surface area contributed by atoms with Gasteiger partial charge in [-0.2, -0.15) is 0 Å². The van der Waals surface area contributed by atoms with Crippen molar-refractivity contribution >= 4 is 23.7 Å². The van der Waals surface area contributed by atoms with Crippen molar-refractivity contribution in [2.45, 2.75) is 63.6 Å². The molecular weight excluding hydrogens is 524 g/mol. The van der Waals surface area contributed by atoms with Gasteiger partial charge >= 0.3 is 5.97 Å². The van der Waals surface area contributed by atoms with Crippen molar-refractivity contribution in [3.8, 4) is 0 Å². The van der Waals surface area contributed by atoms with Gasteiger partial charge in [-0.05, 0) is 37.3 Å². The fourth-order valence-corrected chi connectivity index (χ4v) is 4.72. The van der Waals surface area contributed by atoms with Gasteiger partial charge in [0, 0.05) is 13.0 Å². The van der Waals surface area contributed by atoms with Crippen molar-refractivity contribution in [1.82, 2.24) is 10.2 Å². The molecule has 12 nitrogen and oxygen atoms in total. The van der Waals surface area contributed by atoms with Gasteiger partial charge in [0.05, 0.1) is 69.8 Å². The fraction of sp³-hybridized carbons (Fsp3) is 0.643. The molecule has 0 bridgehead atoms. The third-order valence-electron chi connectivity index (χ3n) is 6.77. The number of carbonyl (C=O) groups excluding carboxylic acids is 3. The minimum atomic E-state index is -1.26. The average Bonchev–Trinajstić information content (AvgIpc) is 3.18. The normalized spacial score (nSPS) is 18.7. The van der Waals surface area contributed by atoms with Gasteiger partial charge in [0.25, 0.3) is 11.8 Å². The summed E-state index contributed by atoms with van der Waals surface area (Å²) in [5.74, 6) is -2.00. The summed E-state index contributed by atoms with van der Waals surface area (Å²) in [6.07, 6.45) is 3.51. The predicted molar refractivity (Wildman–Crippen MR) is 142 cm³/mol. The second-order valence-electron chi connectivity index (χ2n) is 9.70. The number of aryl methyl sites for hydroxylation is 1. The van der Waals surface area contributed by atoms with Crippen molar-refractivity contribution < 1.29 is 48.3 Å². The van der Waals surface area contributed by atoms with E-state index in [1.807, 2.05) is 6.07 Å². The molecule has 3 amide bonds. The lowest BCUT2D eigenvalue weighted by atomic mass is 9.98. The molecule has 0 radical (unpaired) electrons. The van der Waals surface area contributed by atoms with E-state index in [2.05, 4.69) is 5.32 Å². The first kappa shape index (κ1) is 31.6. The minimum Gasteiger partial charge on any atom is -0.481 e. The maximum absolute atomic E-state index is 13.2. The first-order valence-electron chi connectivity index (χ1n) is 13.9. The molecular formula is C28H40N2O10. The number of rotatable bonds is 20. The topological polar surface area (TPSA) is 161 Å². The van der Waals surface area contributed by atoms with E-state index in [-0.39, 0.29) is 31.8 Å². The van der Waals surface area contributed by atoms with Crippen molar-refractivity contribution in [3.63, 3.8) is 0 Å². The summed E-state index contributed by atoms with van der Waals surface area (Å²) in [6, 6.07) is 4.53. The molecule has 2 aliphatic heterocycles. The van der Waals surface area contributed by atoms with Crippen LogP contribution in [0.3, 0.4) is 0 Å². The fourth-order valence-electron chi connectivity index (χ4n) is 4.72. The zero-order valence-electron chi connectivity index (χ0n) is 22.8. The lowest BCUT2D eigenvalue weighted by Gasteiger charge is -2.33. The number of unbranched alkanes of at least 4 members (excludes halogenated alkanes) is 3. The number of aliphatic hydroxyl groups excluding tert-OH is 1. The van der Waals surface area contributed by atoms with Crippen LogP contribution in [-0.4, -0.2) is 104 Å². The molecule has 0 aromatic heterocycles. The molecule has 2 unspecified atom stereocenters. The molecule has 0 spiro atoms. The number of amides is 3. The van der Waals surface area contributed by atoms with E-state index in [1.165, 1.54) is 0 Å². The molecule has 2 heterocycles. The monoisotopic (exact) mass is 564 g/mol. The third-order valence-corrected chi connectivity index (χ3v) is 6.77. The van der Waals surface area contributed by atoms with Crippen LogP contribution in [0.1, 0.15) is 71.2 Å². The smallest absolute Gasteiger partial charge is 0.305 e. The van der Waals surface area contributed by atoms with Crippen LogP contribution in [0.4, 0.5) is 0 Å². The Hall–Kier alpha value is -2.90. The highest BCUT2D eigenvalue weighted by Crippen LogP contribution is 2.31. The number of benzene rings is 1. The Morgan fingerprint density at radius 2 is 1.48 bits per heavy atom. The SMILES string of the molecule is O=C(O)CCOCCOCCOCCOCCCCCCc1cccc2c1C(=O)N(C1CCC(=O)NC1O)C2=O. The molecule has 40 heavy (non-hydrogen) atoms. The number of aliphatic hydroxyl groups is 1. The van der Waals surface area contributed by atoms with Crippen molar-refractivity contribution in [3.05, 3.63) is 34.9 Å². The first-order chi connectivity index (χ1) is 19.4. The van der Waals surface area contributed by atoms with Crippen LogP contribution in [-0.2, 0) is 35.0 Å². The Kier molecular flexibility index (Phi) is 13.5.